The van der Waals surface area contributed by atoms with Crippen molar-refractivity contribution in [2.75, 3.05) is 19.9 Å². The quantitative estimate of drug-likeness (QED) is 0.612. The smallest absolute Gasteiger partial charge is 0.0532 e. The van der Waals surface area contributed by atoms with Crippen molar-refractivity contribution in [3.05, 3.63) is 0 Å². The van der Waals surface area contributed by atoms with Crippen molar-refractivity contribution in [3.63, 3.8) is 0 Å². The molecule has 0 atom stereocenters. The van der Waals surface area contributed by atoms with E-state index >= 15 is 0 Å². The zero-order valence-corrected chi connectivity index (χ0v) is 8.17. The summed E-state index contributed by atoms with van der Waals surface area (Å²) in [5.41, 5.74) is 0. The Hall–Kier alpha value is -0.0800. The molecule has 0 saturated carbocycles. The minimum atomic E-state index is 0.721. The second-order valence-electron chi connectivity index (χ2n) is 4.21. The topological polar surface area (TPSA) is 6.48 Å². The molecule has 0 bridgehead atoms. The van der Waals surface area contributed by atoms with E-state index in [2.05, 4.69) is 37.5 Å². The first-order valence-electron chi connectivity index (χ1n) is 4.56. The number of nitrogens with zero attached hydrogens (tertiary/aromatic N) is 2. The molecule has 0 aromatic carbocycles. The van der Waals surface area contributed by atoms with Gasteiger partial charge in [0.15, 0.2) is 0 Å². The van der Waals surface area contributed by atoms with Crippen LogP contribution in [0.1, 0.15) is 27.7 Å². The third-order valence-corrected chi connectivity index (χ3v) is 2.12. The fourth-order valence-electron chi connectivity index (χ4n) is 1.43. The lowest BCUT2D eigenvalue weighted by molar-refractivity contribution is -0.0567. The van der Waals surface area contributed by atoms with Crippen LogP contribution < -0.4 is 0 Å². The largest absolute Gasteiger partial charge is 0.277 e. The molecular weight excluding hydrogens is 136 g/mol. The van der Waals surface area contributed by atoms with Crippen molar-refractivity contribution in [1.29, 1.82) is 0 Å². The molecule has 11 heavy (non-hydrogen) atoms. The molecule has 1 aliphatic heterocycles. The molecule has 0 amide bonds. The van der Waals surface area contributed by atoms with Gasteiger partial charge >= 0.3 is 0 Å². The molecule has 0 radical (unpaired) electrons. The van der Waals surface area contributed by atoms with E-state index in [1.165, 1.54) is 19.9 Å². The fraction of sp³-hybridized carbons (Fsp3) is 1.00. The molecule has 1 aliphatic rings. The molecule has 0 N–H and O–H groups in total. The van der Waals surface area contributed by atoms with Gasteiger partial charge in [-0.05, 0) is 19.8 Å². The lowest BCUT2D eigenvalue weighted by Gasteiger charge is -2.45. The van der Waals surface area contributed by atoms with E-state index in [0.717, 1.165) is 12.0 Å². The molecule has 0 aliphatic carbocycles. The lowest BCUT2D eigenvalue weighted by atomic mass is 10.2. The van der Waals surface area contributed by atoms with Crippen LogP contribution in [-0.2, 0) is 0 Å². The predicted molar refractivity (Wildman–Crippen MR) is 48.3 cm³/mol. The van der Waals surface area contributed by atoms with Crippen LogP contribution in [-0.4, -0.2) is 35.7 Å². The number of hydrogen-bond donors (Lipinski definition) is 0. The Morgan fingerprint density at radius 2 is 1.64 bits per heavy atom. The first-order valence-corrected chi connectivity index (χ1v) is 4.56. The molecule has 1 rings (SSSR count). The zero-order chi connectivity index (χ0) is 8.43. The second kappa shape index (κ2) is 3.55. The summed E-state index contributed by atoms with van der Waals surface area (Å²) in [6, 6.07) is 0.721. The molecule has 1 saturated heterocycles. The maximum atomic E-state index is 2.49. The summed E-state index contributed by atoms with van der Waals surface area (Å²) in [5.74, 6) is 0.810. The van der Waals surface area contributed by atoms with Crippen LogP contribution in [0, 0.1) is 5.92 Å². The highest BCUT2D eigenvalue weighted by Gasteiger charge is 2.25. The predicted octanol–water partition coefficient (Wildman–Crippen LogP) is 1.58. The van der Waals surface area contributed by atoms with E-state index < -0.39 is 0 Å². The molecule has 66 valence electrons. The summed E-state index contributed by atoms with van der Waals surface area (Å²) in [5, 5.41) is 0. The number of rotatable bonds is 3. The van der Waals surface area contributed by atoms with E-state index in [9.17, 15) is 0 Å². The molecule has 1 heterocycles. The Kier molecular flexibility index (Phi) is 2.90. The average Bonchev–Trinajstić information content (AvgIpc) is 1.75. The van der Waals surface area contributed by atoms with Crippen molar-refractivity contribution in [3.8, 4) is 0 Å². The van der Waals surface area contributed by atoms with Gasteiger partial charge in [-0.2, -0.15) is 0 Å². The molecule has 0 aromatic rings. The van der Waals surface area contributed by atoms with Crippen molar-refractivity contribution < 1.29 is 0 Å². The Morgan fingerprint density at radius 1 is 1.09 bits per heavy atom. The first kappa shape index (κ1) is 9.01. The van der Waals surface area contributed by atoms with Crippen LogP contribution in [0.15, 0.2) is 0 Å². The summed E-state index contributed by atoms with van der Waals surface area (Å²) in [4.78, 5) is 4.97. The maximum Gasteiger partial charge on any atom is 0.0532 e. The van der Waals surface area contributed by atoms with Gasteiger partial charge in [0.1, 0.15) is 0 Å². The van der Waals surface area contributed by atoms with E-state index in [1.807, 2.05) is 0 Å². The standard InChI is InChI=1S/C9H20N2/c1-8(2)5-10-6-11(7-10)9(3)4/h8-9H,5-7H2,1-4H3. The highest BCUT2D eigenvalue weighted by atomic mass is 15.5. The van der Waals surface area contributed by atoms with Gasteiger partial charge in [-0.1, -0.05) is 13.8 Å². The summed E-state index contributed by atoms with van der Waals surface area (Å²) >= 11 is 0. The fourth-order valence-corrected chi connectivity index (χ4v) is 1.43. The van der Waals surface area contributed by atoms with E-state index in [0.29, 0.717) is 0 Å². The maximum absolute atomic E-state index is 2.49. The van der Waals surface area contributed by atoms with Crippen molar-refractivity contribution in [2.45, 2.75) is 33.7 Å². The molecule has 0 aromatic heterocycles. The summed E-state index contributed by atoms with van der Waals surface area (Å²) in [7, 11) is 0. The Bertz CT molecular complexity index is 115. The van der Waals surface area contributed by atoms with Gasteiger partial charge in [-0.3, -0.25) is 9.80 Å². The van der Waals surface area contributed by atoms with Crippen LogP contribution in [0.3, 0.4) is 0 Å². The Balaban J connectivity index is 2.09. The van der Waals surface area contributed by atoms with Gasteiger partial charge in [0.2, 0.25) is 0 Å². The van der Waals surface area contributed by atoms with Crippen molar-refractivity contribution >= 4 is 0 Å². The van der Waals surface area contributed by atoms with Gasteiger partial charge in [0.05, 0.1) is 13.3 Å². The third kappa shape index (κ3) is 2.46. The van der Waals surface area contributed by atoms with Crippen LogP contribution in [0.25, 0.3) is 0 Å². The van der Waals surface area contributed by atoms with E-state index in [1.54, 1.807) is 0 Å². The summed E-state index contributed by atoms with van der Waals surface area (Å²) < 4.78 is 0. The molecule has 2 nitrogen and oxygen atoms in total. The first-order chi connectivity index (χ1) is 5.09. The summed E-state index contributed by atoms with van der Waals surface area (Å²) in [6.07, 6.45) is 0. The monoisotopic (exact) mass is 156 g/mol. The van der Waals surface area contributed by atoms with Crippen LogP contribution in [0.5, 0.6) is 0 Å². The average molecular weight is 156 g/mol. The minimum Gasteiger partial charge on any atom is -0.277 e. The SMILES string of the molecule is CC(C)CN1CN(C(C)C)C1. The molecule has 0 unspecified atom stereocenters. The highest BCUT2D eigenvalue weighted by molar-refractivity contribution is 4.73. The van der Waals surface area contributed by atoms with Crippen LogP contribution in [0.2, 0.25) is 0 Å². The molecule has 2 heteroatoms. The Labute approximate surface area is 70.2 Å². The second-order valence-corrected chi connectivity index (χ2v) is 4.21. The molecule has 0 spiro atoms. The van der Waals surface area contributed by atoms with Crippen LogP contribution in [0.4, 0.5) is 0 Å². The number of hydrogen-bond acceptors (Lipinski definition) is 2. The minimum absolute atomic E-state index is 0.721. The van der Waals surface area contributed by atoms with Crippen molar-refractivity contribution in [1.82, 2.24) is 9.80 Å². The normalized spacial score (nSPS) is 21.3. The third-order valence-electron chi connectivity index (χ3n) is 2.12. The van der Waals surface area contributed by atoms with E-state index in [4.69, 9.17) is 0 Å². The van der Waals surface area contributed by atoms with Gasteiger partial charge < -0.3 is 0 Å². The molecular formula is C9H20N2. The highest BCUT2D eigenvalue weighted by Crippen LogP contribution is 2.13. The van der Waals surface area contributed by atoms with Gasteiger partial charge in [0.25, 0.3) is 0 Å². The molecule has 1 fully saturated rings. The lowest BCUT2D eigenvalue weighted by Crippen LogP contribution is -2.58. The van der Waals surface area contributed by atoms with Gasteiger partial charge in [0, 0.05) is 12.6 Å². The van der Waals surface area contributed by atoms with Gasteiger partial charge in [-0.25, -0.2) is 0 Å². The van der Waals surface area contributed by atoms with E-state index in [-0.39, 0.29) is 0 Å². The summed E-state index contributed by atoms with van der Waals surface area (Å²) in [6.45, 7) is 12.7. The van der Waals surface area contributed by atoms with Gasteiger partial charge in [-0.15, -0.1) is 0 Å². The zero-order valence-electron chi connectivity index (χ0n) is 8.17. The Morgan fingerprint density at radius 3 is 2.00 bits per heavy atom. The van der Waals surface area contributed by atoms with Crippen molar-refractivity contribution in [2.24, 2.45) is 5.92 Å². The van der Waals surface area contributed by atoms with Crippen LogP contribution >= 0.6 is 0 Å².